The molecule has 0 saturated heterocycles. The number of nitrogens with one attached hydrogen (secondary N) is 1. The van der Waals surface area contributed by atoms with Crippen molar-refractivity contribution < 1.29 is 18.7 Å². The van der Waals surface area contributed by atoms with E-state index in [1.807, 2.05) is 0 Å². The molecule has 2 N–H and O–H groups in total. The number of benzene rings is 1. The van der Waals surface area contributed by atoms with E-state index in [1.54, 1.807) is 13.8 Å². The monoisotopic (exact) mass is 243 g/mol. The topological polar surface area (TPSA) is 49.3 Å². The van der Waals surface area contributed by atoms with Gasteiger partial charge in [-0.05, 0) is 18.2 Å². The van der Waals surface area contributed by atoms with E-state index in [1.165, 1.54) is 6.07 Å². The molecule has 1 aromatic carbocycles. The smallest absolute Gasteiger partial charge is 0.251 e. The van der Waals surface area contributed by atoms with Gasteiger partial charge in [-0.2, -0.15) is 0 Å². The number of amides is 1. The summed E-state index contributed by atoms with van der Waals surface area (Å²) in [7, 11) is 0. The molecule has 0 saturated carbocycles. The van der Waals surface area contributed by atoms with E-state index in [0.29, 0.717) is 0 Å². The van der Waals surface area contributed by atoms with Crippen LogP contribution >= 0.6 is 0 Å². The van der Waals surface area contributed by atoms with Crippen molar-refractivity contribution >= 4 is 5.91 Å². The Bertz CT molecular complexity index is 419. The maximum Gasteiger partial charge on any atom is 0.251 e. The fourth-order valence-electron chi connectivity index (χ4n) is 1.11. The van der Waals surface area contributed by atoms with E-state index in [2.05, 4.69) is 5.32 Å². The molecule has 94 valence electrons. The highest BCUT2D eigenvalue weighted by molar-refractivity contribution is 5.94. The van der Waals surface area contributed by atoms with Crippen molar-refractivity contribution in [2.75, 3.05) is 13.2 Å². The van der Waals surface area contributed by atoms with E-state index in [-0.39, 0.29) is 18.7 Å². The van der Waals surface area contributed by atoms with Crippen LogP contribution in [0.15, 0.2) is 18.2 Å². The molecular weight excluding hydrogens is 228 g/mol. The Hall–Kier alpha value is -1.49. The van der Waals surface area contributed by atoms with Crippen LogP contribution in [0, 0.1) is 17.0 Å². The number of halogens is 2. The first kappa shape index (κ1) is 13.6. The number of hydrogen-bond donors (Lipinski definition) is 2. The second-order valence-corrected chi connectivity index (χ2v) is 4.63. The summed E-state index contributed by atoms with van der Waals surface area (Å²) in [4.78, 5) is 11.6. The van der Waals surface area contributed by atoms with Crippen LogP contribution in [0.4, 0.5) is 8.78 Å². The summed E-state index contributed by atoms with van der Waals surface area (Å²) in [6.45, 7) is 3.73. The first-order valence-corrected chi connectivity index (χ1v) is 5.20. The SMILES string of the molecule is CC(C)(CO)CNC(=O)c1ccc(F)c(F)c1. The van der Waals surface area contributed by atoms with E-state index >= 15 is 0 Å². The summed E-state index contributed by atoms with van der Waals surface area (Å²) in [5, 5.41) is 11.5. The fourth-order valence-corrected chi connectivity index (χ4v) is 1.11. The Morgan fingerprint density at radius 2 is 2.00 bits per heavy atom. The molecule has 0 heterocycles. The largest absolute Gasteiger partial charge is 0.396 e. The second kappa shape index (κ2) is 5.23. The standard InChI is InChI=1S/C12H15F2NO2/c1-12(2,7-16)6-15-11(17)8-3-4-9(13)10(14)5-8/h3-5,16H,6-7H2,1-2H3,(H,15,17). The van der Waals surface area contributed by atoms with Gasteiger partial charge in [0.15, 0.2) is 11.6 Å². The summed E-state index contributed by atoms with van der Waals surface area (Å²) in [5.41, 5.74) is -0.397. The van der Waals surface area contributed by atoms with Crippen LogP contribution in [-0.4, -0.2) is 24.2 Å². The van der Waals surface area contributed by atoms with Crippen LogP contribution in [0.3, 0.4) is 0 Å². The van der Waals surface area contributed by atoms with Crippen molar-refractivity contribution in [1.82, 2.24) is 5.32 Å². The lowest BCUT2D eigenvalue weighted by molar-refractivity contribution is 0.0910. The van der Waals surface area contributed by atoms with E-state index in [9.17, 15) is 13.6 Å². The fraction of sp³-hybridized carbons (Fsp3) is 0.417. The number of carbonyl (C=O) groups excluding carboxylic acids is 1. The molecule has 0 unspecified atom stereocenters. The molecular formula is C12H15F2NO2. The first-order chi connectivity index (χ1) is 7.85. The third-order valence-electron chi connectivity index (χ3n) is 2.34. The summed E-state index contributed by atoms with van der Waals surface area (Å²) in [6, 6.07) is 2.96. The van der Waals surface area contributed by atoms with E-state index in [4.69, 9.17) is 5.11 Å². The van der Waals surface area contributed by atoms with Gasteiger partial charge in [0.25, 0.3) is 5.91 Å². The van der Waals surface area contributed by atoms with Crippen LogP contribution in [0.2, 0.25) is 0 Å². The van der Waals surface area contributed by atoms with Crippen molar-refractivity contribution in [3.63, 3.8) is 0 Å². The molecule has 0 bridgehead atoms. The number of aliphatic hydroxyl groups is 1. The minimum absolute atomic E-state index is 0.0534. The molecule has 0 radical (unpaired) electrons. The van der Waals surface area contributed by atoms with Crippen molar-refractivity contribution in [2.45, 2.75) is 13.8 Å². The van der Waals surface area contributed by atoms with E-state index in [0.717, 1.165) is 12.1 Å². The first-order valence-electron chi connectivity index (χ1n) is 5.20. The summed E-state index contributed by atoms with van der Waals surface area (Å²) in [6.07, 6.45) is 0. The van der Waals surface area contributed by atoms with Crippen molar-refractivity contribution in [2.24, 2.45) is 5.41 Å². The molecule has 0 spiro atoms. The molecule has 0 fully saturated rings. The van der Waals surface area contributed by atoms with Crippen LogP contribution in [-0.2, 0) is 0 Å². The van der Waals surface area contributed by atoms with Crippen molar-refractivity contribution in [3.8, 4) is 0 Å². The van der Waals surface area contributed by atoms with E-state index < -0.39 is 23.0 Å². The van der Waals surface area contributed by atoms with Gasteiger partial charge in [-0.1, -0.05) is 13.8 Å². The highest BCUT2D eigenvalue weighted by Crippen LogP contribution is 2.12. The van der Waals surface area contributed by atoms with Crippen LogP contribution < -0.4 is 5.32 Å². The van der Waals surface area contributed by atoms with Crippen molar-refractivity contribution in [1.29, 1.82) is 0 Å². The van der Waals surface area contributed by atoms with Gasteiger partial charge in [-0.3, -0.25) is 4.79 Å². The predicted molar refractivity (Wildman–Crippen MR) is 59.6 cm³/mol. The summed E-state index contributed by atoms with van der Waals surface area (Å²) >= 11 is 0. The van der Waals surface area contributed by atoms with Gasteiger partial charge in [0.1, 0.15) is 0 Å². The molecule has 0 aliphatic heterocycles. The second-order valence-electron chi connectivity index (χ2n) is 4.63. The van der Waals surface area contributed by atoms with Gasteiger partial charge in [0, 0.05) is 24.1 Å². The van der Waals surface area contributed by atoms with Gasteiger partial charge >= 0.3 is 0 Å². The number of rotatable bonds is 4. The lowest BCUT2D eigenvalue weighted by atomic mass is 9.95. The molecule has 0 aromatic heterocycles. The van der Waals surface area contributed by atoms with Gasteiger partial charge < -0.3 is 10.4 Å². The zero-order valence-corrected chi connectivity index (χ0v) is 9.76. The lowest BCUT2D eigenvalue weighted by Gasteiger charge is -2.21. The van der Waals surface area contributed by atoms with Crippen LogP contribution in [0.25, 0.3) is 0 Å². The minimum Gasteiger partial charge on any atom is -0.396 e. The molecule has 3 nitrogen and oxygen atoms in total. The molecule has 17 heavy (non-hydrogen) atoms. The molecule has 0 atom stereocenters. The zero-order valence-electron chi connectivity index (χ0n) is 9.76. The third-order valence-corrected chi connectivity index (χ3v) is 2.34. The molecule has 1 rings (SSSR count). The number of aliphatic hydroxyl groups excluding tert-OH is 1. The van der Waals surface area contributed by atoms with Crippen molar-refractivity contribution in [3.05, 3.63) is 35.4 Å². The van der Waals surface area contributed by atoms with Gasteiger partial charge in [0.2, 0.25) is 0 Å². The third kappa shape index (κ3) is 3.78. The average Bonchev–Trinajstić information content (AvgIpc) is 2.30. The normalized spacial score (nSPS) is 11.4. The average molecular weight is 243 g/mol. The minimum atomic E-state index is -1.06. The highest BCUT2D eigenvalue weighted by atomic mass is 19.2. The molecule has 0 aliphatic rings. The zero-order chi connectivity index (χ0) is 13.1. The maximum absolute atomic E-state index is 12.9. The van der Waals surface area contributed by atoms with Gasteiger partial charge in [0.05, 0.1) is 0 Å². The predicted octanol–water partition coefficient (Wildman–Crippen LogP) is 1.71. The molecule has 0 aliphatic carbocycles. The lowest BCUT2D eigenvalue weighted by Crippen LogP contribution is -2.36. The maximum atomic E-state index is 12.9. The summed E-state index contributed by atoms with van der Waals surface area (Å²) in [5.74, 6) is -2.54. The molecule has 1 aromatic rings. The van der Waals surface area contributed by atoms with Crippen LogP contribution in [0.1, 0.15) is 24.2 Å². The van der Waals surface area contributed by atoms with Gasteiger partial charge in [-0.25, -0.2) is 8.78 Å². The highest BCUT2D eigenvalue weighted by Gasteiger charge is 2.18. The number of carbonyl (C=O) groups is 1. The number of hydrogen-bond acceptors (Lipinski definition) is 2. The Balaban J connectivity index is 2.68. The molecule has 5 heteroatoms. The molecule has 1 amide bonds. The quantitative estimate of drug-likeness (QED) is 0.845. The van der Waals surface area contributed by atoms with Gasteiger partial charge in [-0.15, -0.1) is 0 Å². The Kier molecular flexibility index (Phi) is 4.17. The Morgan fingerprint density at radius 3 is 2.53 bits per heavy atom. The Morgan fingerprint density at radius 1 is 1.35 bits per heavy atom. The summed E-state index contributed by atoms with van der Waals surface area (Å²) < 4.78 is 25.5. The Labute approximate surface area is 98.5 Å². The van der Waals surface area contributed by atoms with Crippen LogP contribution in [0.5, 0.6) is 0 Å².